The summed E-state index contributed by atoms with van der Waals surface area (Å²) >= 11 is 3.03. The lowest BCUT2D eigenvalue weighted by Gasteiger charge is -2.40. The van der Waals surface area contributed by atoms with E-state index >= 15 is 0 Å². The van der Waals surface area contributed by atoms with Crippen molar-refractivity contribution in [1.82, 2.24) is 0 Å². The second kappa shape index (κ2) is 8.57. The molecule has 1 aromatic carbocycles. The number of ether oxygens (including phenoxy) is 1. The molecule has 33 heavy (non-hydrogen) atoms. The van der Waals surface area contributed by atoms with E-state index in [1.54, 1.807) is 17.6 Å². The minimum absolute atomic E-state index is 0.0147. The van der Waals surface area contributed by atoms with Gasteiger partial charge in [0.05, 0.1) is 0 Å². The molecule has 8 heteroatoms. The lowest BCUT2D eigenvalue weighted by atomic mass is 9.85. The van der Waals surface area contributed by atoms with Crippen molar-refractivity contribution in [2.75, 3.05) is 6.26 Å². The number of thiophene rings is 1. The highest BCUT2D eigenvalue weighted by Crippen LogP contribution is 2.66. The molecule has 7 atom stereocenters. The molecule has 2 aromatic rings. The molecule has 5 rings (SSSR count). The highest BCUT2D eigenvalue weighted by Gasteiger charge is 2.62. The van der Waals surface area contributed by atoms with Crippen LogP contribution in [0.5, 0.6) is 0 Å². The minimum atomic E-state index is -2.51. The fourth-order valence-corrected chi connectivity index (χ4v) is 7.56. The quantitative estimate of drug-likeness (QED) is 0.566. The Morgan fingerprint density at radius 3 is 2.58 bits per heavy atom. The zero-order valence-electron chi connectivity index (χ0n) is 18.7. The van der Waals surface area contributed by atoms with Gasteiger partial charge in [0.25, 0.3) is 0 Å². The third kappa shape index (κ3) is 4.28. The average molecular weight is 497 g/mol. The lowest BCUT2D eigenvalue weighted by Crippen LogP contribution is -2.52. The summed E-state index contributed by atoms with van der Waals surface area (Å²) in [6.07, 6.45) is -0.424. The molecule has 0 amide bonds. The van der Waals surface area contributed by atoms with Gasteiger partial charge in [-0.25, -0.2) is 8.78 Å². The van der Waals surface area contributed by atoms with Gasteiger partial charge in [-0.05, 0) is 60.8 Å². The summed E-state index contributed by atoms with van der Waals surface area (Å²) in [5.41, 5.74) is 2.32. The normalized spacial score (nSPS) is 37.5. The topological polar surface area (TPSA) is 69.9 Å². The molecule has 1 saturated heterocycles. The van der Waals surface area contributed by atoms with E-state index in [0.29, 0.717) is 12.8 Å². The Balaban J connectivity index is 1.34. The van der Waals surface area contributed by atoms with E-state index in [0.717, 1.165) is 23.1 Å². The Bertz CT molecular complexity index is 1030. The highest BCUT2D eigenvalue weighted by molar-refractivity contribution is 7.99. The first kappa shape index (κ1) is 23.7. The summed E-state index contributed by atoms with van der Waals surface area (Å²) in [4.78, 5) is 2.42. The van der Waals surface area contributed by atoms with Gasteiger partial charge in [-0.3, -0.25) is 0 Å². The number of benzene rings is 1. The predicted octanol–water partition coefficient (Wildman–Crippen LogP) is 4.57. The van der Waals surface area contributed by atoms with E-state index in [2.05, 4.69) is 12.1 Å². The second-order valence-electron chi connectivity index (χ2n) is 9.88. The largest absolute Gasteiger partial charge is 0.387 e. The Labute approximate surface area is 201 Å². The molecule has 3 N–H and O–H groups in total. The van der Waals surface area contributed by atoms with Gasteiger partial charge >= 0.3 is 0 Å². The molecular formula is C25H30F2O4S2. The van der Waals surface area contributed by atoms with Crippen molar-refractivity contribution in [3.8, 4) is 0 Å². The smallest absolute Gasteiger partial charge is 0.248 e. The molecule has 1 aliphatic heterocycles. The van der Waals surface area contributed by atoms with Crippen LogP contribution in [0.2, 0.25) is 0 Å². The number of alkyl halides is 2. The van der Waals surface area contributed by atoms with E-state index in [4.69, 9.17) is 4.74 Å². The van der Waals surface area contributed by atoms with Crippen molar-refractivity contribution in [3.05, 3.63) is 56.8 Å². The van der Waals surface area contributed by atoms with Crippen molar-refractivity contribution >= 4 is 23.1 Å². The molecule has 0 radical (unpaired) electrons. The molecule has 0 unspecified atom stereocenters. The van der Waals surface area contributed by atoms with E-state index in [-0.39, 0.29) is 24.2 Å². The summed E-state index contributed by atoms with van der Waals surface area (Å²) < 4.78 is 33.4. The molecule has 4 nitrogen and oxygen atoms in total. The monoisotopic (exact) mass is 496 g/mol. The summed E-state index contributed by atoms with van der Waals surface area (Å²) in [6, 6.07) is 10.1. The van der Waals surface area contributed by atoms with Crippen molar-refractivity contribution < 1.29 is 28.8 Å². The number of aliphatic hydroxyl groups excluding tert-OH is 3. The van der Waals surface area contributed by atoms with Crippen LogP contribution in [0.1, 0.15) is 58.2 Å². The van der Waals surface area contributed by atoms with Crippen LogP contribution in [0.25, 0.3) is 0 Å². The molecule has 3 fully saturated rings. The van der Waals surface area contributed by atoms with Crippen LogP contribution < -0.4 is 0 Å². The van der Waals surface area contributed by atoms with Crippen LogP contribution in [0.4, 0.5) is 8.78 Å². The molecule has 2 aliphatic carbocycles. The van der Waals surface area contributed by atoms with E-state index < -0.39 is 35.8 Å². The number of aliphatic hydroxyl groups is 3. The Kier molecular flexibility index (Phi) is 6.16. The van der Waals surface area contributed by atoms with Gasteiger partial charge in [0.15, 0.2) is 0 Å². The van der Waals surface area contributed by atoms with Crippen molar-refractivity contribution in [3.63, 3.8) is 0 Å². The van der Waals surface area contributed by atoms with Gasteiger partial charge in [-0.2, -0.15) is 0 Å². The maximum Gasteiger partial charge on any atom is 0.248 e. The molecule has 0 spiro atoms. The summed E-state index contributed by atoms with van der Waals surface area (Å²) in [5, 5.41) is 31.0. The van der Waals surface area contributed by atoms with Crippen molar-refractivity contribution in [1.29, 1.82) is 0 Å². The molecule has 2 heterocycles. The zero-order valence-corrected chi connectivity index (χ0v) is 20.3. The number of aryl methyl sites for hydroxylation is 1. The molecule has 3 aliphatic rings. The minimum Gasteiger partial charge on any atom is -0.387 e. The standard InChI is InChI=1S/C25H30F2O4S2/c1-13-3-4-14(22-20(29)19(28)21(30)23(31-22)32-2)9-15(13)10-17-5-6-18(33-17)24-7-8-25(26,27)12-16(24)11-24/h3-6,9,16,19-23,28-30H,7-8,10-12H2,1-2H3/t16-,19+,20+,21-,22-,23+,24+/m0/s1. The first-order valence-electron chi connectivity index (χ1n) is 11.4. The Hall–Kier alpha value is -1.03. The Morgan fingerprint density at radius 2 is 1.85 bits per heavy atom. The van der Waals surface area contributed by atoms with Crippen LogP contribution in [0.15, 0.2) is 30.3 Å². The van der Waals surface area contributed by atoms with Crippen molar-refractivity contribution in [2.24, 2.45) is 5.92 Å². The zero-order chi connectivity index (χ0) is 23.5. The fraction of sp³-hybridized carbons (Fsp3) is 0.600. The number of halogens is 2. The Morgan fingerprint density at radius 1 is 1.06 bits per heavy atom. The average Bonchev–Trinajstić information content (AvgIpc) is 3.29. The van der Waals surface area contributed by atoms with Gasteiger partial charge in [0.2, 0.25) is 5.92 Å². The molecule has 180 valence electrons. The molecule has 1 aromatic heterocycles. The van der Waals surface area contributed by atoms with Gasteiger partial charge in [0, 0.05) is 34.4 Å². The number of hydrogen-bond donors (Lipinski definition) is 3. The SMILES string of the molecule is CS[C@H]1O[C@@H](c2ccc(C)c(Cc3ccc([C@@]45CCC(F)(F)C[C@@H]4C5)s3)c2)[C@H](O)[C@@H](O)[C@@H]1O. The highest BCUT2D eigenvalue weighted by atomic mass is 32.2. The van der Waals surface area contributed by atoms with Crippen LogP contribution in [-0.4, -0.2) is 51.2 Å². The number of thioether (sulfide) groups is 1. The predicted molar refractivity (Wildman–Crippen MR) is 126 cm³/mol. The summed E-state index contributed by atoms with van der Waals surface area (Å²) in [5.74, 6) is -2.40. The van der Waals surface area contributed by atoms with Gasteiger partial charge in [-0.1, -0.05) is 18.2 Å². The molecular weight excluding hydrogens is 466 g/mol. The van der Waals surface area contributed by atoms with Gasteiger partial charge in [0.1, 0.15) is 29.9 Å². The maximum atomic E-state index is 13.8. The lowest BCUT2D eigenvalue weighted by molar-refractivity contribution is -0.200. The second-order valence-corrected chi connectivity index (χ2v) is 12.0. The number of rotatable bonds is 5. The van der Waals surface area contributed by atoms with Crippen molar-refractivity contribution in [2.45, 2.75) is 80.2 Å². The van der Waals surface area contributed by atoms with Crippen LogP contribution in [0.3, 0.4) is 0 Å². The van der Waals surface area contributed by atoms with Crippen LogP contribution in [-0.2, 0) is 16.6 Å². The summed E-state index contributed by atoms with van der Waals surface area (Å²) in [6.45, 7) is 2.04. The number of fused-ring (bicyclic) bond motifs is 1. The van der Waals surface area contributed by atoms with Crippen LogP contribution in [0, 0.1) is 12.8 Å². The molecule has 0 bridgehead atoms. The maximum absolute atomic E-state index is 13.8. The van der Waals surface area contributed by atoms with E-state index in [9.17, 15) is 24.1 Å². The summed E-state index contributed by atoms with van der Waals surface area (Å²) in [7, 11) is 0. The first-order chi connectivity index (χ1) is 15.6. The van der Waals surface area contributed by atoms with Gasteiger partial charge in [-0.15, -0.1) is 23.1 Å². The first-order valence-corrected chi connectivity index (χ1v) is 13.5. The van der Waals surface area contributed by atoms with Gasteiger partial charge < -0.3 is 20.1 Å². The molecule has 2 saturated carbocycles. The number of hydrogen-bond acceptors (Lipinski definition) is 6. The van der Waals surface area contributed by atoms with Crippen LogP contribution >= 0.6 is 23.1 Å². The van der Waals surface area contributed by atoms with E-state index in [1.165, 1.54) is 21.5 Å². The third-order valence-electron chi connectivity index (χ3n) is 7.73. The van der Waals surface area contributed by atoms with E-state index in [1.807, 2.05) is 25.1 Å². The fourth-order valence-electron chi connectivity index (χ4n) is 5.55. The third-order valence-corrected chi connectivity index (χ3v) is 9.89.